The van der Waals surface area contributed by atoms with Crippen LogP contribution in [0.2, 0.25) is 0 Å². The van der Waals surface area contributed by atoms with Gasteiger partial charge in [-0.25, -0.2) is 4.79 Å². The number of aliphatic hydroxyl groups excluding tert-OH is 1. The van der Waals surface area contributed by atoms with Crippen LogP contribution in [-0.4, -0.2) is 42.7 Å². The first-order valence-electron chi connectivity index (χ1n) is 6.38. The number of carbonyl (C=O) groups excluding carboxylic acids is 1. The van der Waals surface area contributed by atoms with Crippen molar-refractivity contribution in [1.29, 1.82) is 0 Å². The highest BCUT2D eigenvalue weighted by molar-refractivity contribution is 5.89. The summed E-state index contributed by atoms with van der Waals surface area (Å²) in [5.41, 5.74) is 1.53. The van der Waals surface area contributed by atoms with Crippen LogP contribution < -0.4 is 10.6 Å². The van der Waals surface area contributed by atoms with E-state index in [4.69, 9.17) is 0 Å². The predicted molar refractivity (Wildman–Crippen MR) is 77.2 cm³/mol. The standard InChI is InChI=1S/C14H23N3O2/c1-10(9-17(3)4)15-14(19)16-13-7-5-12(6-8-13)11(2)18/h5-8,10-11,18H,9H2,1-4H3,(H2,15,16,19). The van der Waals surface area contributed by atoms with Gasteiger partial charge in [0.2, 0.25) is 0 Å². The Balaban J connectivity index is 2.48. The molecular weight excluding hydrogens is 242 g/mol. The minimum atomic E-state index is -0.497. The second kappa shape index (κ2) is 7.11. The fourth-order valence-corrected chi connectivity index (χ4v) is 1.83. The molecule has 0 spiro atoms. The lowest BCUT2D eigenvalue weighted by molar-refractivity contribution is 0.199. The Bertz CT molecular complexity index is 402. The first-order valence-corrected chi connectivity index (χ1v) is 6.38. The number of nitrogens with one attached hydrogen (secondary N) is 2. The van der Waals surface area contributed by atoms with Crippen molar-refractivity contribution in [3.63, 3.8) is 0 Å². The van der Waals surface area contributed by atoms with Gasteiger partial charge in [-0.1, -0.05) is 12.1 Å². The van der Waals surface area contributed by atoms with E-state index in [1.54, 1.807) is 31.2 Å². The molecule has 1 aromatic carbocycles. The molecule has 0 aliphatic rings. The first-order chi connectivity index (χ1) is 8.88. The van der Waals surface area contributed by atoms with Crippen molar-refractivity contribution in [2.45, 2.75) is 26.0 Å². The lowest BCUT2D eigenvalue weighted by Gasteiger charge is -2.18. The lowest BCUT2D eigenvalue weighted by Crippen LogP contribution is -2.41. The minimum Gasteiger partial charge on any atom is -0.389 e. The largest absolute Gasteiger partial charge is 0.389 e. The van der Waals surface area contributed by atoms with Gasteiger partial charge in [0.25, 0.3) is 0 Å². The van der Waals surface area contributed by atoms with Crippen molar-refractivity contribution in [3.8, 4) is 0 Å². The zero-order chi connectivity index (χ0) is 14.4. The predicted octanol–water partition coefficient (Wildman–Crippen LogP) is 1.81. The summed E-state index contributed by atoms with van der Waals surface area (Å²) in [6, 6.07) is 7.00. The van der Waals surface area contributed by atoms with Crippen LogP contribution in [-0.2, 0) is 0 Å². The van der Waals surface area contributed by atoms with E-state index in [2.05, 4.69) is 10.6 Å². The summed E-state index contributed by atoms with van der Waals surface area (Å²) in [7, 11) is 3.93. The second-order valence-electron chi connectivity index (χ2n) is 5.06. The number of likely N-dealkylation sites (N-methyl/N-ethyl adjacent to an activating group) is 1. The number of carbonyl (C=O) groups is 1. The maximum absolute atomic E-state index is 11.7. The summed E-state index contributed by atoms with van der Waals surface area (Å²) in [6.07, 6.45) is -0.497. The van der Waals surface area contributed by atoms with E-state index in [9.17, 15) is 9.90 Å². The number of hydrogen-bond donors (Lipinski definition) is 3. The Kier molecular flexibility index (Phi) is 5.79. The summed E-state index contributed by atoms with van der Waals surface area (Å²) < 4.78 is 0. The Labute approximate surface area is 114 Å². The Morgan fingerprint density at radius 2 is 1.84 bits per heavy atom. The molecule has 0 saturated carbocycles. The van der Waals surface area contributed by atoms with Crippen molar-refractivity contribution < 1.29 is 9.90 Å². The van der Waals surface area contributed by atoms with Crippen LogP contribution in [0.4, 0.5) is 10.5 Å². The van der Waals surface area contributed by atoms with Gasteiger partial charge in [-0.15, -0.1) is 0 Å². The smallest absolute Gasteiger partial charge is 0.319 e. The van der Waals surface area contributed by atoms with Gasteiger partial charge in [0, 0.05) is 18.3 Å². The number of anilines is 1. The molecule has 1 aromatic rings. The first kappa shape index (κ1) is 15.5. The average Bonchev–Trinajstić information content (AvgIpc) is 2.27. The molecule has 0 heterocycles. The van der Waals surface area contributed by atoms with Crippen LogP contribution in [0.15, 0.2) is 24.3 Å². The normalized spacial score (nSPS) is 14.0. The highest BCUT2D eigenvalue weighted by atomic mass is 16.3. The molecule has 1 rings (SSSR count). The van der Waals surface area contributed by atoms with Crippen molar-refractivity contribution in [2.75, 3.05) is 26.0 Å². The number of aliphatic hydroxyl groups is 1. The van der Waals surface area contributed by atoms with Gasteiger partial charge in [-0.05, 0) is 45.6 Å². The zero-order valence-electron chi connectivity index (χ0n) is 12.0. The molecule has 0 aromatic heterocycles. The molecule has 5 heteroatoms. The van der Waals surface area contributed by atoms with E-state index in [0.29, 0.717) is 5.69 Å². The molecule has 0 fully saturated rings. The molecule has 0 bridgehead atoms. The molecule has 5 nitrogen and oxygen atoms in total. The van der Waals surface area contributed by atoms with Gasteiger partial charge in [-0.2, -0.15) is 0 Å². The van der Waals surface area contributed by atoms with E-state index in [0.717, 1.165) is 12.1 Å². The number of amides is 2. The van der Waals surface area contributed by atoms with Crippen LogP contribution in [0, 0.1) is 0 Å². The molecular formula is C14H23N3O2. The fraction of sp³-hybridized carbons (Fsp3) is 0.500. The molecule has 0 aliphatic carbocycles. The molecule has 2 amide bonds. The van der Waals surface area contributed by atoms with Gasteiger partial charge >= 0.3 is 6.03 Å². The molecule has 0 radical (unpaired) electrons. The van der Waals surface area contributed by atoms with E-state index in [1.165, 1.54) is 0 Å². The third kappa shape index (κ3) is 5.72. The van der Waals surface area contributed by atoms with Crippen molar-refractivity contribution in [2.24, 2.45) is 0 Å². The number of rotatable bonds is 5. The van der Waals surface area contributed by atoms with Gasteiger partial charge in [0.05, 0.1) is 6.10 Å². The van der Waals surface area contributed by atoms with Gasteiger partial charge in [0.15, 0.2) is 0 Å². The second-order valence-corrected chi connectivity index (χ2v) is 5.06. The van der Waals surface area contributed by atoms with Gasteiger partial charge in [0.1, 0.15) is 0 Å². The topological polar surface area (TPSA) is 64.6 Å². The van der Waals surface area contributed by atoms with Gasteiger partial charge in [-0.3, -0.25) is 0 Å². The van der Waals surface area contributed by atoms with E-state index in [1.807, 2.05) is 25.9 Å². The van der Waals surface area contributed by atoms with Crippen LogP contribution in [0.25, 0.3) is 0 Å². The summed E-state index contributed by atoms with van der Waals surface area (Å²) in [4.78, 5) is 13.7. The number of benzene rings is 1. The average molecular weight is 265 g/mol. The van der Waals surface area contributed by atoms with E-state index >= 15 is 0 Å². The van der Waals surface area contributed by atoms with Crippen LogP contribution in [0.5, 0.6) is 0 Å². The van der Waals surface area contributed by atoms with Crippen molar-refractivity contribution >= 4 is 11.7 Å². The van der Waals surface area contributed by atoms with Crippen LogP contribution in [0.3, 0.4) is 0 Å². The Morgan fingerprint density at radius 3 is 2.32 bits per heavy atom. The van der Waals surface area contributed by atoms with Crippen LogP contribution >= 0.6 is 0 Å². The van der Waals surface area contributed by atoms with Crippen LogP contribution in [0.1, 0.15) is 25.5 Å². The monoisotopic (exact) mass is 265 g/mol. The fourth-order valence-electron chi connectivity index (χ4n) is 1.83. The van der Waals surface area contributed by atoms with E-state index in [-0.39, 0.29) is 12.1 Å². The third-order valence-corrected chi connectivity index (χ3v) is 2.67. The molecule has 2 unspecified atom stereocenters. The minimum absolute atomic E-state index is 0.0757. The molecule has 19 heavy (non-hydrogen) atoms. The number of nitrogens with zero attached hydrogens (tertiary/aromatic N) is 1. The molecule has 0 aliphatic heterocycles. The summed E-state index contributed by atoms with van der Waals surface area (Å²) in [5.74, 6) is 0. The molecule has 3 N–H and O–H groups in total. The van der Waals surface area contributed by atoms with Gasteiger partial charge < -0.3 is 20.6 Å². The zero-order valence-corrected chi connectivity index (χ0v) is 12.0. The molecule has 2 atom stereocenters. The third-order valence-electron chi connectivity index (χ3n) is 2.67. The quantitative estimate of drug-likeness (QED) is 0.761. The number of hydrogen-bond acceptors (Lipinski definition) is 3. The SMILES string of the molecule is CC(CN(C)C)NC(=O)Nc1ccc(C(C)O)cc1. The van der Waals surface area contributed by atoms with Crippen molar-refractivity contribution in [3.05, 3.63) is 29.8 Å². The Hall–Kier alpha value is -1.59. The number of urea groups is 1. The maximum Gasteiger partial charge on any atom is 0.319 e. The van der Waals surface area contributed by atoms with E-state index < -0.39 is 6.10 Å². The summed E-state index contributed by atoms with van der Waals surface area (Å²) >= 11 is 0. The highest BCUT2D eigenvalue weighted by Crippen LogP contribution is 2.15. The lowest BCUT2D eigenvalue weighted by atomic mass is 10.1. The molecule has 106 valence electrons. The van der Waals surface area contributed by atoms with Crippen molar-refractivity contribution in [1.82, 2.24) is 10.2 Å². The summed E-state index contributed by atoms with van der Waals surface area (Å²) in [6.45, 7) is 4.45. The Morgan fingerprint density at radius 1 is 1.26 bits per heavy atom. The maximum atomic E-state index is 11.7. The highest BCUT2D eigenvalue weighted by Gasteiger charge is 2.08. The molecule has 0 saturated heterocycles. The summed E-state index contributed by atoms with van der Waals surface area (Å²) in [5, 5.41) is 15.0.